The van der Waals surface area contributed by atoms with Crippen molar-refractivity contribution in [2.75, 3.05) is 13.2 Å². The smallest absolute Gasteiger partial charge is 0.129 e. The molecule has 2 rings (SSSR count). The molecule has 0 radical (unpaired) electrons. The highest BCUT2D eigenvalue weighted by molar-refractivity contribution is 6.29. The van der Waals surface area contributed by atoms with Crippen molar-refractivity contribution in [2.24, 2.45) is 0 Å². The van der Waals surface area contributed by atoms with Crippen LogP contribution in [0.5, 0.6) is 0 Å². The van der Waals surface area contributed by atoms with Crippen molar-refractivity contribution < 1.29 is 5.11 Å². The molecule has 4 heteroatoms. The molecule has 2 heterocycles. The van der Waals surface area contributed by atoms with Crippen LogP contribution in [-0.2, 0) is 6.54 Å². The molecule has 0 spiro atoms. The fraction of sp³-hybridized carbons (Fsp3) is 0.545. The van der Waals surface area contributed by atoms with Crippen molar-refractivity contribution in [3.05, 3.63) is 29.0 Å². The maximum atomic E-state index is 9.18. The number of halogens is 1. The molecular weight excluding hydrogens is 212 g/mol. The second kappa shape index (κ2) is 4.92. The van der Waals surface area contributed by atoms with Crippen LogP contribution in [0.25, 0.3) is 0 Å². The maximum absolute atomic E-state index is 9.18. The summed E-state index contributed by atoms with van der Waals surface area (Å²) in [7, 11) is 0. The normalized spacial score (nSPS) is 22.1. The van der Waals surface area contributed by atoms with Crippen molar-refractivity contribution in [3.63, 3.8) is 0 Å². The number of likely N-dealkylation sites (tertiary alicyclic amines) is 1. The monoisotopic (exact) mass is 226 g/mol. The van der Waals surface area contributed by atoms with E-state index in [0.717, 1.165) is 31.6 Å². The summed E-state index contributed by atoms with van der Waals surface area (Å²) < 4.78 is 0. The van der Waals surface area contributed by atoms with Gasteiger partial charge in [0, 0.05) is 12.6 Å². The van der Waals surface area contributed by atoms with Crippen LogP contribution in [0.15, 0.2) is 18.2 Å². The van der Waals surface area contributed by atoms with Gasteiger partial charge in [-0.3, -0.25) is 4.90 Å². The second-order valence-corrected chi connectivity index (χ2v) is 4.29. The van der Waals surface area contributed by atoms with Gasteiger partial charge in [-0.25, -0.2) is 4.98 Å². The molecule has 1 fully saturated rings. The number of rotatable bonds is 3. The van der Waals surface area contributed by atoms with E-state index in [1.807, 2.05) is 12.1 Å². The van der Waals surface area contributed by atoms with E-state index < -0.39 is 0 Å². The predicted octanol–water partition coefficient (Wildman–Crippen LogP) is 1.69. The molecule has 0 aromatic carbocycles. The van der Waals surface area contributed by atoms with E-state index in [2.05, 4.69) is 9.88 Å². The van der Waals surface area contributed by atoms with Gasteiger partial charge in [-0.1, -0.05) is 17.7 Å². The van der Waals surface area contributed by atoms with Crippen LogP contribution in [0.4, 0.5) is 0 Å². The first-order valence-corrected chi connectivity index (χ1v) is 5.64. The minimum atomic E-state index is 0.237. The molecule has 3 nitrogen and oxygen atoms in total. The van der Waals surface area contributed by atoms with Gasteiger partial charge in [0.2, 0.25) is 0 Å². The van der Waals surface area contributed by atoms with Gasteiger partial charge in [-0.15, -0.1) is 0 Å². The van der Waals surface area contributed by atoms with E-state index in [1.54, 1.807) is 6.07 Å². The fourth-order valence-electron chi connectivity index (χ4n) is 2.06. The average Bonchev–Trinajstić information content (AvgIpc) is 2.65. The molecule has 1 aliphatic heterocycles. The Labute approximate surface area is 94.7 Å². The standard InChI is InChI=1S/C11H15ClN2O/c12-11-5-1-3-9(13-11)7-14-6-2-4-10(14)8-15/h1,3,5,10,15H,2,4,6-8H2. The number of hydrogen-bond acceptors (Lipinski definition) is 3. The van der Waals surface area contributed by atoms with Gasteiger partial charge < -0.3 is 5.11 Å². The molecule has 1 atom stereocenters. The molecule has 82 valence electrons. The molecule has 15 heavy (non-hydrogen) atoms. The highest BCUT2D eigenvalue weighted by Gasteiger charge is 2.23. The first kappa shape index (κ1) is 10.9. The minimum Gasteiger partial charge on any atom is -0.395 e. The Hall–Kier alpha value is -0.640. The van der Waals surface area contributed by atoms with Crippen LogP contribution in [0.3, 0.4) is 0 Å². The zero-order chi connectivity index (χ0) is 10.7. The lowest BCUT2D eigenvalue weighted by molar-refractivity contribution is 0.152. The van der Waals surface area contributed by atoms with E-state index in [-0.39, 0.29) is 6.61 Å². The quantitative estimate of drug-likeness (QED) is 0.797. The minimum absolute atomic E-state index is 0.237. The lowest BCUT2D eigenvalue weighted by Crippen LogP contribution is -2.31. The van der Waals surface area contributed by atoms with Crippen molar-refractivity contribution in [1.29, 1.82) is 0 Å². The van der Waals surface area contributed by atoms with E-state index in [9.17, 15) is 5.11 Å². The van der Waals surface area contributed by atoms with Gasteiger partial charge in [0.25, 0.3) is 0 Å². The summed E-state index contributed by atoms with van der Waals surface area (Å²) in [6.07, 6.45) is 2.24. The van der Waals surface area contributed by atoms with Crippen molar-refractivity contribution in [3.8, 4) is 0 Å². The molecule has 0 saturated carbocycles. The van der Waals surface area contributed by atoms with Gasteiger partial charge in [0.05, 0.1) is 12.3 Å². The van der Waals surface area contributed by atoms with Crippen LogP contribution in [-0.4, -0.2) is 34.2 Å². The molecule has 0 aliphatic carbocycles. The molecule has 1 N–H and O–H groups in total. The van der Waals surface area contributed by atoms with Gasteiger partial charge in [0.15, 0.2) is 0 Å². The van der Waals surface area contributed by atoms with Gasteiger partial charge in [-0.05, 0) is 31.5 Å². The zero-order valence-electron chi connectivity index (χ0n) is 8.56. The van der Waals surface area contributed by atoms with E-state index >= 15 is 0 Å². The number of nitrogens with zero attached hydrogens (tertiary/aromatic N) is 2. The van der Waals surface area contributed by atoms with Crippen LogP contribution in [0, 0.1) is 0 Å². The lowest BCUT2D eigenvalue weighted by atomic mass is 10.2. The van der Waals surface area contributed by atoms with Gasteiger partial charge >= 0.3 is 0 Å². The Bertz CT molecular complexity index is 332. The van der Waals surface area contributed by atoms with E-state index in [4.69, 9.17) is 11.6 Å². The summed E-state index contributed by atoms with van der Waals surface area (Å²) >= 11 is 5.82. The van der Waals surface area contributed by atoms with E-state index in [0.29, 0.717) is 11.2 Å². The molecule has 0 amide bonds. The third-order valence-corrected chi connectivity index (χ3v) is 3.06. The summed E-state index contributed by atoms with van der Waals surface area (Å²) in [6.45, 7) is 2.06. The molecule has 1 unspecified atom stereocenters. The van der Waals surface area contributed by atoms with Gasteiger partial charge in [0.1, 0.15) is 5.15 Å². The van der Waals surface area contributed by atoms with Crippen LogP contribution in [0.2, 0.25) is 5.15 Å². The number of pyridine rings is 1. The third kappa shape index (κ3) is 2.68. The van der Waals surface area contributed by atoms with Gasteiger partial charge in [-0.2, -0.15) is 0 Å². The van der Waals surface area contributed by atoms with Crippen LogP contribution in [0.1, 0.15) is 18.5 Å². The first-order chi connectivity index (χ1) is 7.29. The van der Waals surface area contributed by atoms with Crippen molar-refractivity contribution in [2.45, 2.75) is 25.4 Å². The Balaban J connectivity index is 2.02. The van der Waals surface area contributed by atoms with Crippen LogP contribution < -0.4 is 0 Å². The summed E-state index contributed by atoms with van der Waals surface area (Å²) in [5.74, 6) is 0. The lowest BCUT2D eigenvalue weighted by Gasteiger charge is -2.21. The SMILES string of the molecule is OCC1CCCN1Cc1cccc(Cl)n1. The summed E-state index contributed by atoms with van der Waals surface area (Å²) in [4.78, 5) is 6.51. The topological polar surface area (TPSA) is 36.4 Å². The van der Waals surface area contributed by atoms with Crippen LogP contribution >= 0.6 is 11.6 Å². The molecule has 1 saturated heterocycles. The Kier molecular flexibility index (Phi) is 3.57. The summed E-state index contributed by atoms with van der Waals surface area (Å²) in [6, 6.07) is 5.96. The maximum Gasteiger partial charge on any atom is 0.129 e. The highest BCUT2D eigenvalue weighted by Crippen LogP contribution is 2.19. The predicted molar refractivity (Wildman–Crippen MR) is 59.8 cm³/mol. The zero-order valence-corrected chi connectivity index (χ0v) is 9.32. The molecule has 1 aromatic heterocycles. The average molecular weight is 227 g/mol. The molecule has 0 bridgehead atoms. The highest BCUT2D eigenvalue weighted by atomic mass is 35.5. The van der Waals surface area contributed by atoms with Crippen molar-refractivity contribution in [1.82, 2.24) is 9.88 Å². The number of aliphatic hydroxyl groups is 1. The largest absolute Gasteiger partial charge is 0.395 e. The molecule has 1 aromatic rings. The Morgan fingerprint density at radius 1 is 1.53 bits per heavy atom. The number of aliphatic hydroxyl groups excluding tert-OH is 1. The second-order valence-electron chi connectivity index (χ2n) is 3.90. The fourth-order valence-corrected chi connectivity index (χ4v) is 2.24. The van der Waals surface area contributed by atoms with E-state index in [1.165, 1.54) is 0 Å². The Morgan fingerprint density at radius 2 is 2.40 bits per heavy atom. The first-order valence-electron chi connectivity index (χ1n) is 5.26. The summed E-state index contributed by atoms with van der Waals surface area (Å²) in [5, 5.41) is 9.72. The Morgan fingerprint density at radius 3 is 3.13 bits per heavy atom. The number of aromatic nitrogens is 1. The number of hydrogen-bond donors (Lipinski definition) is 1. The molecule has 1 aliphatic rings. The molecular formula is C11H15ClN2O. The third-order valence-electron chi connectivity index (χ3n) is 2.85. The summed E-state index contributed by atoms with van der Waals surface area (Å²) in [5.41, 5.74) is 0.975. The van der Waals surface area contributed by atoms with Crippen molar-refractivity contribution >= 4 is 11.6 Å².